The van der Waals surface area contributed by atoms with Crippen molar-refractivity contribution in [3.05, 3.63) is 71.3 Å². The van der Waals surface area contributed by atoms with Gasteiger partial charge in [0.05, 0.1) is 12.7 Å². The molecule has 0 aliphatic heterocycles. The Labute approximate surface area is 105 Å². The van der Waals surface area contributed by atoms with Crippen LogP contribution in [0.5, 0.6) is 0 Å². The van der Waals surface area contributed by atoms with Gasteiger partial charge in [0.15, 0.2) is 5.78 Å². The number of ketones is 1. The second-order valence-corrected chi connectivity index (χ2v) is 3.77. The number of carbonyl (C=O) groups excluding carboxylic acids is 2. The fourth-order valence-corrected chi connectivity index (χ4v) is 1.58. The van der Waals surface area contributed by atoms with E-state index in [4.69, 9.17) is 0 Å². The molecule has 2 aliphatic carbocycles. The number of benzene rings is 2. The molecule has 0 aromatic heterocycles. The molecule has 3 heteroatoms. The molecule has 0 heterocycles. The van der Waals surface area contributed by atoms with E-state index in [1.807, 2.05) is 30.3 Å². The molecular weight excluding hydrogens is 228 g/mol. The van der Waals surface area contributed by atoms with Gasteiger partial charge in [-0.25, -0.2) is 4.79 Å². The normalized spacial score (nSPS) is 10.8. The van der Waals surface area contributed by atoms with Gasteiger partial charge in [0.1, 0.15) is 0 Å². The summed E-state index contributed by atoms with van der Waals surface area (Å²) < 4.78 is 4.50. The van der Waals surface area contributed by atoms with E-state index < -0.39 is 0 Å². The van der Waals surface area contributed by atoms with Gasteiger partial charge in [0.2, 0.25) is 0 Å². The number of esters is 1. The van der Waals surface area contributed by atoms with Crippen LogP contribution >= 0.6 is 0 Å². The standard InChI is InChI=1S/C8H8O2.C7H4O/c1-10-8(9)7-5-3-2-4-6-7;8-7-5-2-1-3-6(7)4-5/h2-6H,1H3;1-4H. The lowest BCUT2D eigenvalue weighted by Crippen LogP contribution is -2.10. The fraction of sp³-hybridized carbons (Fsp3) is 0.0667. The summed E-state index contributed by atoms with van der Waals surface area (Å²) in [4.78, 5) is 21.4. The first-order valence-electron chi connectivity index (χ1n) is 5.50. The number of hydrogen-bond acceptors (Lipinski definition) is 3. The maximum Gasteiger partial charge on any atom is 0.337 e. The second-order valence-electron chi connectivity index (χ2n) is 3.77. The molecule has 2 aliphatic rings. The Balaban J connectivity index is 0.000000136. The molecule has 2 bridgehead atoms. The van der Waals surface area contributed by atoms with Gasteiger partial charge in [-0.2, -0.15) is 0 Å². The highest BCUT2D eigenvalue weighted by Gasteiger charge is 2.17. The van der Waals surface area contributed by atoms with Crippen molar-refractivity contribution in [3.8, 4) is 0 Å². The number of hydrogen-bond donors (Lipinski definition) is 0. The molecule has 3 nitrogen and oxygen atoms in total. The van der Waals surface area contributed by atoms with Gasteiger partial charge in [-0.3, -0.25) is 4.79 Å². The molecule has 90 valence electrons. The lowest BCUT2D eigenvalue weighted by Gasteiger charge is -2.10. The zero-order valence-electron chi connectivity index (χ0n) is 9.92. The topological polar surface area (TPSA) is 43.4 Å². The van der Waals surface area contributed by atoms with Gasteiger partial charge in [-0.1, -0.05) is 36.4 Å². The van der Waals surface area contributed by atoms with Crippen molar-refractivity contribution in [3.63, 3.8) is 0 Å². The first-order valence-corrected chi connectivity index (χ1v) is 5.50. The quantitative estimate of drug-likeness (QED) is 0.614. The SMILES string of the molecule is COC(=O)c1ccccc1.O=C1c2cccc1c2. The highest BCUT2D eigenvalue weighted by Crippen LogP contribution is 2.19. The Morgan fingerprint density at radius 3 is 1.94 bits per heavy atom. The number of rotatable bonds is 1. The lowest BCUT2D eigenvalue weighted by atomic mass is 9.92. The van der Waals surface area contributed by atoms with E-state index in [9.17, 15) is 9.59 Å². The Hall–Kier alpha value is -2.42. The third-order valence-electron chi connectivity index (χ3n) is 2.58. The molecule has 0 fully saturated rings. The Kier molecular flexibility index (Phi) is 3.53. The average Bonchev–Trinajstić information content (AvgIpc) is 2.48. The van der Waals surface area contributed by atoms with Crippen LogP contribution in [0.1, 0.15) is 26.3 Å². The molecule has 0 radical (unpaired) electrons. The number of carbonyl (C=O) groups is 2. The summed E-state index contributed by atoms with van der Waals surface area (Å²) in [5, 5.41) is 0. The summed E-state index contributed by atoms with van der Waals surface area (Å²) in [5.74, 6) is -0.0897. The van der Waals surface area contributed by atoms with E-state index in [-0.39, 0.29) is 11.8 Å². The molecular formula is C15H12O3. The lowest BCUT2D eigenvalue weighted by molar-refractivity contribution is 0.0600. The Bertz CT molecular complexity index is 545. The van der Waals surface area contributed by atoms with Crippen LogP contribution in [-0.4, -0.2) is 18.9 Å². The van der Waals surface area contributed by atoms with E-state index in [0.29, 0.717) is 5.56 Å². The minimum Gasteiger partial charge on any atom is -0.465 e. The highest BCUT2D eigenvalue weighted by atomic mass is 16.5. The number of methoxy groups -OCH3 is 1. The van der Waals surface area contributed by atoms with Crippen molar-refractivity contribution in [2.45, 2.75) is 0 Å². The van der Waals surface area contributed by atoms with Crippen LogP contribution in [0.2, 0.25) is 0 Å². The maximum atomic E-state index is 10.8. The third kappa shape index (κ3) is 2.46. The predicted molar refractivity (Wildman–Crippen MR) is 67.7 cm³/mol. The van der Waals surface area contributed by atoms with Crippen LogP contribution < -0.4 is 0 Å². The van der Waals surface area contributed by atoms with Gasteiger partial charge in [0.25, 0.3) is 0 Å². The minimum atomic E-state index is -0.291. The van der Waals surface area contributed by atoms with Crippen molar-refractivity contribution in [2.75, 3.05) is 7.11 Å². The van der Waals surface area contributed by atoms with Gasteiger partial charge >= 0.3 is 5.97 Å². The van der Waals surface area contributed by atoms with Crippen LogP contribution in [0, 0.1) is 0 Å². The van der Waals surface area contributed by atoms with E-state index in [1.54, 1.807) is 24.3 Å². The smallest absolute Gasteiger partial charge is 0.337 e. The van der Waals surface area contributed by atoms with Crippen LogP contribution in [-0.2, 0) is 4.74 Å². The Morgan fingerprint density at radius 2 is 1.56 bits per heavy atom. The van der Waals surface area contributed by atoms with Crippen molar-refractivity contribution >= 4 is 11.8 Å². The largest absolute Gasteiger partial charge is 0.465 e. The van der Waals surface area contributed by atoms with E-state index in [2.05, 4.69) is 4.74 Å². The molecule has 0 amide bonds. The van der Waals surface area contributed by atoms with Crippen LogP contribution in [0.15, 0.2) is 54.6 Å². The first-order chi connectivity index (χ1) is 8.72. The molecule has 0 unspecified atom stereocenters. The molecule has 2 aromatic rings. The summed E-state index contributed by atoms with van der Waals surface area (Å²) in [6.45, 7) is 0. The predicted octanol–water partition coefficient (Wildman–Crippen LogP) is 2.70. The average molecular weight is 240 g/mol. The molecule has 0 atom stereocenters. The summed E-state index contributed by atoms with van der Waals surface area (Å²) >= 11 is 0. The van der Waals surface area contributed by atoms with Crippen molar-refractivity contribution < 1.29 is 14.3 Å². The Morgan fingerprint density at radius 1 is 0.944 bits per heavy atom. The molecule has 0 saturated heterocycles. The maximum absolute atomic E-state index is 10.8. The zero-order valence-corrected chi connectivity index (χ0v) is 9.92. The molecule has 4 rings (SSSR count). The summed E-state index contributed by atoms with van der Waals surface area (Å²) in [7, 11) is 1.37. The van der Waals surface area contributed by atoms with Gasteiger partial charge in [0, 0.05) is 11.1 Å². The van der Waals surface area contributed by atoms with Gasteiger partial charge in [-0.15, -0.1) is 0 Å². The summed E-state index contributed by atoms with van der Waals surface area (Å²) in [6.07, 6.45) is 0. The van der Waals surface area contributed by atoms with Crippen LogP contribution in [0.3, 0.4) is 0 Å². The second kappa shape index (κ2) is 5.27. The molecule has 2 aromatic carbocycles. The van der Waals surface area contributed by atoms with Crippen LogP contribution in [0.25, 0.3) is 0 Å². The minimum absolute atomic E-state index is 0.201. The van der Waals surface area contributed by atoms with Crippen molar-refractivity contribution in [1.29, 1.82) is 0 Å². The van der Waals surface area contributed by atoms with Crippen molar-refractivity contribution in [1.82, 2.24) is 0 Å². The van der Waals surface area contributed by atoms with Crippen LogP contribution in [0.4, 0.5) is 0 Å². The highest BCUT2D eigenvalue weighted by molar-refractivity contribution is 6.16. The van der Waals surface area contributed by atoms with Gasteiger partial charge in [-0.05, 0) is 18.2 Å². The fourth-order valence-electron chi connectivity index (χ4n) is 1.58. The third-order valence-corrected chi connectivity index (χ3v) is 2.58. The molecule has 18 heavy (non-hydrogen) atoms. The summed E-state index contributed by atoms with van der Waals surface area (Å²) in [6, 6.07) is 16.3. The molecule has 0 N–H and O–H groups in total. The number of fused-ring (bicyclic) bond motifs is 2. The molecule has 0 spiro atoms. The monoisotopic (exact) mass is 240 g/mol. The zero-order chi connectivity index (χ0) is 13.0. The van der Waals surface area contributed by atoms with E-state index in [0.717, 1.165) is 11.1 Å². The van der Waals surface area contributed by atoms with Crippen molar-refractivity contribution in [2.24, 2.45) is 0 Å². The van der Waals surface area contributed by atoms with E-state index in [1.165, 1.54) is 7.11 Å². The summed E-state index contributed by atoms with van der Waals surface area (Å²) in [5.41, 5.74) is 2.29. The van der Waals surface area contributed by atoms with Gasteiger partial charge < -0.3 is 4.74 Å². The van der Waals surface area contributed by atoms with E-state index >= 15 is 0 Å². The number of ether oxygens (including phenoxy) is 1. The molecule has 0 saturated carbocycles. The first kappa shape index (κ1) is 12.0.